The summed E-state index contributed by atoms with van der Waals surface area (Å²) in [6.07, 6.45) is 0.0197. The number of carboxylic acids is 1. The van der Waals surface area contributed by atoms with Gasteiger partial charge in [-0.1, -0.05) is 27.7 Å². The van der Waals surface area contributed by atoms with Gasteiger partial charge in [-0.3, -0.25) is 14.4 Å². The van der Waals surface area contributed by atoms with E-state index in [-0.39, 0.29) is 41.8 Å². The molecule has 0 radical (unpaired) electrons. The van der Waals surface area contributed by atoms with Crippen LogP contribution in [0.4, 0.5) is 10.1 Å². The zero-order valence-corrected chi connectivity index (χ0v) is 15.9. The number of rotatable bonds is 8. The van der Waals surface area contributed by atoms with Gasteiger partial charge in [0, 0.05) is 12.0 Å². The van der Waals surface area contributed by atoms with Crippen LogP contribution in [-0.4, -0.2) is 28.4 Å². The van der Waals surface area contributed by atoms with Crippen molar-refractivity contribution < 1.29 is 23.9 Å². The molecule has 3 N–H and O–H groups in total. The molecule has 1 atom stereocenters. The summed E-state index contributed by atoms with van der Waals surface area (Å²) in [5, 5.41) is 14.2. The van der Waals surface area contributed by atoms with Crippen molar-refractivity contribution >= 4 is 23.5 Å². The third kappa shape index (κ3) is 6.13. The SMILES string of the molecule is CC(C)CC(=O)Nc1ccc(C(=O)NC(C)(CC(=O)O)C(C)C)cc1F. The molecule has 1 rings (SSSR count). The van der Waals surface area contributed by atoms with Crippen molar-refractivity contribution in [3.8, 4) is 0 Å². The number of anilines is 1. The first kappa shape index (κ1) is 21.6. The lowest BCUT2D eigenvalue weighted by atomic mass is 9.85. The number of carboxylic acid groups (broad SMARTS) is 1. The molecular formula is C19H27FN2O4. The number of hydrogen-bond acceptors (Lipinski definition) is 3. The molecule has 0 spiro atoms. The number of aliphatic carboxylic acids is 1. The van der Waals surface area contributed by atoms with E-state index < -0.39 is 23.2 Å². The van der Waals surface area contributed by atoms with Crippen LogP contribution in [0.1, 0.15) is 57.8 Å². The van der Waals surface area contributed by atoms with E-state index in [1.807, 2.05) is 13.8 Å². The molecule has 0 bridgehead atoms. The molecule has 144 valence electrons. The molecule has 0 aromatic heterocycles. The van der Waals surface area contributed by atoms with Crippen molar-refractivity contribution in [3.63, 3.8) is 0 Å². The third-order valence-corrected chi connectivity index (χ3v) is 4.29. The van der Waals surface area contributed by atoms with Crippen LogP contribution in [0.15, 0.2) is 18.2 Å². The molecule has 7 heteroatoms. The second-order valence-corrected chi connectivity index (χ2v) is 7.44. The summed E-state index contributed by atoms with van der Waals surface area (Å²) in [5.41, 5.74) is -0.908. The molecule has 1 aromatic carbocycles. The van der Waals surface area contributed by atoms with Crippen molar-refractivity contribution in [2.24, 2.45) is 11.8 Å². The molecule has 1 aromatic rings. The van der Waals surface area contributed by atoms with E-state index in [1.165, 1.54) is 12.1 Å². The molecule has 2 amide bonds. The molecule has 6 nitrogen and oxygen atoms in total. The fourth-order valence-electron chi connectivity index (χ4n) is 2.37. The van der Waals surface area contributed by atoms with Crippen LogP contribution in [-0.2, 0) is 9.59 Å². The summed E-state index contributed by atoms with van der Waals surface area (Å²) < 4.78 is 14.2. The van der Waals surface area contributed by atoms with Crippen LogP contribution in [0.25, 0.3) is 0 Å². The van der Waals surface area contributed by atoms with Gasteiger partial charge in [-0.25, -0.2) is 4.39 Å². The second kappa shape index (κ2) is 8.78. The quantitative estimate of drug-likeness (QED) is 0.657. The van der Waals surface area contributed by atoms with Crippen molar-refractivity contribution in [1.82, 2.24) is 5.32 Å². The fourth-order valence-corrected chi connectivity index (χ4v) is 2.37. The highest BCUT2D eigenvalue weighted by Gasteiger charge is 2.33. The minimum absolute atomic E-state index is 0.00403. The molecule has 0 saturated carbocycles. The lowest BCUT2D eigenvalue weighted by Gasteiger charge is -2.33. The minimum atomic E-state index is -1.03. The van der Waals surface area contributed by atoms with Crippen molar-refractivity contribution in [3.05, 3.63) is 29.6 Å². The van der Waals surface area contributed by atoms with Crippen LogP contribution >= 0.6 is 0 Å². The molecule has 0 aliphatic carbocycles. The van der Waals surface area contributed by atoms with E-state index in [9.17, 15) is 18.8 Å². The predicted molar refractivity (Wildman–Crippen MR) is 97.4 cm³/mol. The minimum Gasteiger partial charge on any atom is -0.481 e. The summed E-state index contributed by atoms with van der Waals surface area (Å²) in [6, 6.07) is 3.75. The Hall–Kier alpha value is -2.44. The van der Waals surface area contributed by atoms with Crippen LogP contribution in [0.5, 0.6) is 0 Å². The summed E-state index contributed by atoms with van der Waals surface area (Å²) in [4.78, 5) is 35.2. The summed E-state index contributed by atoms with van der Waals surface area (Å²) in [5.74, 6) is -2.62. The molecule has 0 heterocycles. The molecule has 1 unspecified atom stereocenters. The summed E-state index contributed by atoms with van der Waals surface area (Å²) in [7, 11) is 0. The lowest BCUT2D eigenvalue weighted by Crippen LogP contribution is -2.51. The number of carbonyl (C=O) groups is 3. The van der Waals surface area contributed by atoms with E-state index >= 15 is 0 Å². The van der Waals surface area contributed by atoms with Crippen LogP contribution in [0, 0.1) is 17.7 Å². The van der Waals surface area contributed by atoms with E-state index in [0.29, 0.717) is 0 Å². The standard InChI is InChI=1S/C19H27FN2O4/c1-11(2)8-16(23)21-15-7-6-13(9-14(15)20)18(26)22-19(5,12(3)4)10-17(24)25/h6-7,9,11-12H,8,10H2,1-5H3,(H,21,23)(H,22,26)(H,24,25). The predicted octanol–water partition coefficient (Wildman–Crippen LogP) is 3.43. The monoisotopic (exact) mass is 366 g/mol. The van der Waals surface area contributed by atoms with E-state index in [0.717, 1.165) is 6.07 Å². The second-order valence-electron chi connectivity index (χ2n) is 7.44. The smallest absolute Gasteiger partial charge is 0.305 e. The van der Waals surface area contributed by atoms with Gasteiger partial charge in [0.25, 0.3) is 5.91 Å². The van der Waals surface area contributed by atoms with Crippen LogP contribution in [0.3, 0.4) is 0 Å². The molecule has 0 aliphatic rings. The highest BCUT2D eigenvalue weighted by atomic mass is 19.1. The van der Waals surface area contributed by atoms with E-state index in [2.05, 4.69) is 10.6 Å². The van der Waals surface area contributed by atoms with Gasteiger partial charge < -0.3 is 15.7 Å². The Morgan fingerprint density at radius 3 is 2.27 bits per heavy atom. The number of benzene rings is 1. The van der Waals surface area contributed by atoms with Gasteiger partial charge in [-0.05, 0) is 37.0 Å². The topological polar surface area (TPSA) is 95.5 Å². The zero-order chi connectivity index (χ0) is 20.1. The van der Waals surface area contributed by atoms with Crippen molar-refractivity contribution in [2.45, 2.75) is 53.0 Å². The van der Waals surface area contributed by atoms with Gasteiger partial charge in [-0.15, -0.1) is 0 Å². The fraction of sp³-hybridized carbons (Fsp3) is 0.526. The lowest BCUT2D eigenvalue weighted by molar-refractivity contribution is -0.139. The first-order valence-corrected chi connectivity index (χ1v) is 8.58. The highest BCUT2D eigenvalue weighted by molar-refractivity contribution is 5.96. The van der Waals surface area contributed by atoms with Gasteiger partial charge in [0.15, 0.2) is 0 Å². The largest absolute Gasteiger partial charge is 0.481 e. The maximum absolute atomic E-state index is 14.2. The Bertz CT molecular complexity index is 688. The van der Waals surface area contributed by atoms with Crippen LogP contribution < -0.4 is 10.6 Å². The third-order valence-electron chi connectivity index (χ3n) is 4.29. The van der Waals surface area contributed by atoms with Crippen molar-refractivity contribution in [2.75, 3.05) is 5.32 Å². The van der Waals surface area contributed by atoms with Crippen molar-refractivity contribution in [1.29, 1.82) is 0 Å². The Labute approximate surface area is 153 Å². The molecule has 0 aliphatic heterocycles. The Kier molecular flexibility index (Phi) is 7.29. The van der Waals surface area contributed by atoms with Gasteiger partial charge in [0.1, 0.15) is 5.82 Å². The average molecular weight is 366 g/mol. The maximum Gasteiger partial charge on any atom is 0.305 e. The molecule has 26 heavy (non-hydrogen) atoms. The first-order valence-electron chi connectivity index (χ1n) is 8.58. The van der Waals surface area contributed by atoms with Gasteiger partial charge >= 0.3 is 5.97 Å². The molecule has 0 fully saturated rings. The van der Waals surface area contributed by atoms with Crippen LogP contribution in [0.2, 0.25) is 0 Å². The van der Waals surface area contributed by atoms with Gasteiger partial charge in [0.05, 0.1) is 17.6 Å². The number of nitrogens with one attached hydrogen (secondary N) is 2. The Morgan fingerprint density at radius 1 is 1.19 bits per heavy atom. The highest BCUT2D eigenvalue weighted by Crippen LogP contribution is 2.23. The zero-order valence-electron chi connectivity index (χ0n) is 15.9. The summed E-state index contributed by atoms with van der Waals surface area (Å²) >= 11 is 0. The molecular weight excluding hydrogens is 339 g/mol. The normalized spacial score (nSPS) is 13.4. The molecule has 0 saturated heterocycles. The maximum atomic E-state index is 14.2. The van der Waals surface area contributed by atoms with Gasteiger partial charge in [-0.2, -0.15) is 0 Å². The number of halogens is 1. The average Bonchev–Trinajstić information content (AvgIpc) is 2.47. The first-order chi connectivity index (χ1) is 11.9. The number of carbonyl (C=O) groups excluding carboxylic acids is 2. The van der Waals surface area contributed by atoms with E-state index in [4.69, 9.17) is 5.11 Å². The Balaban J connectivity index is 2.92. The summed E-state index contributed by atoms with van der Waals surface area (Å²) in [6.45, 7) is 9.01. The van der Waals surface area contributed by atoms with E-state index in [1.54, 1.807) is 20.8 Å². The number of hydrogen-bond donors (Lipinski definition) is 3. The Morgan fingerprint density at radius 2 is 1.81 bits per heavy atom. The van der Waals surface area contributed by atoms with Gasteiger partial charge in [0.2, 0.25) is 5.91 Å². The number of amides is 2.